The van der Waals surface area contributed by atoms with Crippen LogP contribution in [0.2, 0.25) is 0 Å². The van der Waals surface area contributed by atoms with Crippen molar-refractivity contribution in [2.45, 2.75) is 20.0 Å². The molecule has 0 spiro atoms. The molecule has 32 heavy (non-hydrogen) atoms. The largest absolute Gasteiger partial charge is 0.495 e. The number of hydrogen-bond donors (Lipinski definition) is 1. The second-order valence-electron chi connectivity index (χ2n) is 8.30. The van der Waals surface area contributed by atoms with E-state index in [2.05, 4.69) is 58.4 Å². The molecule has 1 aliphatic heterocycles. The lowest BCUT2D eigenvalue weighted by molar-refractivity contribution is 0.0951. The summed E-state index contributed by atoms with van der Waals surface area (Å²) in [5.41, 5.74) is 5.40. The fourth-order valence-corrected chi connectivity index (χ4v) is 4.16. The summed E-state index contributed by atoms with van der Waals surface area (Å²) >= 11 is 0. The molecule has 0 aromatic heterocycles. The first-order chi connectivity index (χ1) is 15.6. The van der Waals surface area contributed by atoms with Crippen LogP contribution < -0.4 is 15.0 Å². The molecule has 1 amide bonds. The van der Waals surface area contributed by atoms with Crippen molar-refractivity contribution in [1.29, 1.82) is 0 Å². The van der Waals surface area contributed by atoms with Crippen LogP contribution >= 0.6 is 0 Å². The van der Waals surface area contributed by atoms with Crippen LogP contribution in [0.3, 0.4) is 0 Å². The number of nitrogens with zero attached hydrogens (tertiary/aromatic N) is 2. The molecule has 0 radical (unpaired) electrons. The summed E-state index contributed by atoms with van der Waals surface area (Å²) in [5.74, 6) is 0.890. The number of aryl methyl sites for hydroxylation is 1. The van der Waals surface area contributed by atoms with Gasteiger partial charge in [-0.15, -0.1) is 0 Å². The molecule has 0 atom stereocenters. The van der Waals surface area contributed by atoms with E-state index in [1.54, 1.807) is 7.11 Å². The van der Waals surface area contributed by atoms with Crippen molar-refractivity contribution in [3.05, 3.63) is 95.1 Å². The third kappa shape index (κ3) is 5.48. The van der Waals surface area contributed by atoms with Crippen LogP contribution in [-0.4, -0.2) is 44.1 Å². The van der Waals surface area contributed by atoms with Gasteiger partial charge in [0.2, 0.25) is 0 Å². The van der Waals surface area contributed by atoms with E-state index in [0.29, 0.717) is 12.1 Å². The lowest BCUT2D eigenvalue weighted by Crippen LogP contribution is -2.46. The molecule has 3 aromatic rings. The van der Waals surface area contributed by atoms with Gasteiger partial charge in [0.15, 0.2) is 0 Å². The van der Waals surface area contributed by atoms with E-state index in [1.807, 2.05) is 36.4 Å². The second kappa shape index (κ2) is 10.3. The molecule has 5 heteroatoms. The number of amides is 1. The zero-order chi connectivity index (χ0) is 22.3. The Bertz CT molecular complexity index is 1040. The molecular weight excluding hydrogens is 398 g/mol. The van der Waals surface area contributed by atoms with Crippen LogP contribution in [0.25, 0.3) is 0 Å². The first kappa shape index (κ1) is 21.9. The fourth-order valence-electron chi connectivity index (χ4n) is 4.16. The third-order valence-electron chi connectivity index (χ3n) is 5.96. The molecule has 166 valence electrons. The van der Waals surface area contributed by atoms with E-state index in [4.69, 9.17) is 4.74 Å². The van der Waals surface area contributed by atoms with E-state index < -0.39 is 0 Å². The zero-order valence-corrected chi connectivity index (χ0v) is 18.9. The maximum atomic E-state index is 12.5. The lowest BCUT2D eigenvalue weighted by Gasteiger charge is -2.36. The van der Waals surface area contributed by atoms with E-state index in [1.165, 1.54) is 11.1 Å². The predicted octanol–water partition coefficient (Wildman–Crippen LogP) is 4.26. The highest BCUT2D eigenvalue weighted by Gasteiger charge is 2.19. The summed E-state index contributed by atoms with van der Waals surface area (Å²) in [7, 11) is 1.72. The second-order valence-corrected chi connectivity index (χ2v) is 8.30. The molecule has 0 bridgehead atoms. The van der Waals surface area contributed by atoms with Crippen LogP contribution in [0.4, 0.5) is 5.69 Å². The normalized spacial score (nSPS) is 14.2. The number of anilines is 1. The molecule has 1 fully saturated rings. The number of carbonyl (C=O) groups excluding carboxylic acids is 1. The summed E-state index contributed by atoms with van der Waals surface area (Å²) in [5, 5.41) is 3.01. The fraction of sp³-hybridized carbons (Fsp3) is 0.296. The first-order valence-corrected chi connectivity index (χ1v) is 11.2. The van der Waals surface area contributed by atoms with Gasteiger partial charge in [-0.05, 0) is 42.3 Å². The predicted molar refractivity (Wildman–Crippen MR) is 129 cm³/mol. The highest BCUT2D eigenvalue weighted by atomic mass is 16.5. The molecule has 0 aliphatic carbocycles. The number of benzene rings is 3. The Labute approximate surface area is 190 Å². The van der Waals surface area contributed by atoms with Crippen molar-refractivity contribution < 1.29 is 9.53 Å². The van der Waals surface area contributed by atoms with Gasteiger partial charge in [-0.1, -0.05) is 54.1 Å². The number of hydrogen-bond acceptors (Lipinski definition) is 4. The summed E-state index contributed by atoms with van der Waals surface area (Å²) in [6.45, 7) is 7.43. The SMILES string of the molecule is COc1ccccc1N1CCN(Cc2ccc(C(=O)NCc3cccc(C)c3)cc2)CC1. The van der Waals surface area contributed by atoms with Gasteiger partial charge in [0.05, 0.1) is 12.8 Å². The number of methoxy groups -OCH3 is 1. The van der Waals surface area contributed by atoms with Gasteiger partial charge in [-0.3, -0.25) is 9.69 Å². The van der Waals surface area contributed by atoms with E-state index >= 15 is 0 Å². The average Bonchev–Trinajstić information content (AvgIpc) is 2.83. The third-order valence-corrected chi connectivity index (χ3v) is 5.96. The number of para-hydroxylation sites is 2. The molecule has 1 aliphatic rings. The number of carbonyl (C=O) groups is 1. The minimum absolute atomic E-state index is 0.0384. The van der Waals surface area contributed by atoms with Gasteiger partial charge in [0.25, 0.3) is 5.91 Å². The zero-order valence-electron chi connectivity index (χ0n) is 18.9. The van der Waals surface area contributed by atoms with Gasteiger partial charge in [-0.25, -0.2) is 0 Å². The van der Waals surface area contributed by atoms with E-state index in [-0.39, 0.29) is 5.91 Å². The Morgan fingerprint density at radius 3 is 2.38 bits per heavy atom. The molecular formula is C27H31N3O2. The highest BCUT2D eigenvalue weighted by Crippen LogP contribution is 2.28. The van der Waals surface area contributed by atoms with Crippen LogP contribution in [0.5, 0.6) is 5.75 Å². The number of rotatable bonds is 7. The van der Waals surface area contributed by atoms with Crippen molar-refractivity contribution in [3.8, 4) is 5.75 Å². The molecule has 1 N–H and O–H groups in total. The molecule has 3 aromatic carbocycles. The average molecular weight is 430 g/mol. The van der Waals surface area contributed by atoms with Crippen molar-refractivity contribution >= 4 is 11.6 Å². The number of nitrogens with one attached hydrogen (secondary N) is 1. The molecule has 5 nitrogen and oxygen atoms in total. The van der Waals surface area contributed by atoms with Crippen molar-refractivity contribution in [2.24, 2.45) is 0 Å². The first-order valence-electron chi connectivity index (χ1n) is 11.2. The minimum Gasteiger partial charge on any atom is -0.495 e. The smallest absolute Gasteiger partial charge is 0.251 e. The summed E-state index contributed by atoms with van der Waals surface area (Å²) in [4.78, 5) is 17.3. The Hall–Kier alpha value is -3.31. The monoisotopic (exact) mass is 429 g/mol. The molecule has 0 saturated carbocycles. The van der Waals surface area contributed by atoms with Gasteiger partial charge < -0.3 is 15.0 Å². The maximum absolute atomic E-state index is 12.5. The van der Waals surface area contributed by atoms with Crippen LogP contribution in [0, 0.1) is 6.92 Å². The summed E-state index contributed by atoms with van der Waals surface area (Å²) in [6, 6.07) is 24.4. The highest BCUT2D eigenvalue weighted by molar-refractivity contribution is 5.94. The molecule has 0 unspecified atom stereocenters. The molecule has 1 heterocycles. The topological polar surface area (TPSA) is 44.8 Å². The van der Waals surface area contributed by atoms with E-state index in [0.717, 1.165) is 49.7 Å². The Balaban J connectivity index is 1.27. The number of piperazine rings is 1. The van der Waals surface area contributed by atoms with Crippen LogP contribution in [0.15, 0.2) is 72.8 Å². The van der Waals surface area contributed by atoms with Gasteiger partial charge in [-0.2, -0.15) is 0 Å². The molecule has 4 rings (SSSR count). The standard InChI is InChI=1S/C27H31N3O2/c1-21-6-5-7-23(18-21)19-28-27(31)24-12-10-22(11-13-24)20-29-14-16-30(17-15-29)25-8-3-4-9-26(25)32-2/h3-13,18H,14-17,19-20H2,1-2H3,(H,28,31). The van der Waals surface area contributed by atoms with Gasteiger partial charge >= 0.3 is 0 Å². The quantitative estimate of drug-likeness (QED) is 0.610. The Morgan fingerprint density at radius 1 is 0.906 bits per heavy atom. The van der Waals surface area contributed by atoms with Gasteiger partial charge in [0, 0.05) is 44.8 Å². The van der Waals surface area contributed by atoms with E-state index in [9.17, 15) is 4.79 Å². The number of ether oxygens (including phenoxy) is 1. The van der Waals surface area contributed by atoms with Crippen LogP contribution in [-0.2, 0) is 13.1 Å². The van der Waals surface area contributed by atoms with Gasteiger partial charge in [0.1, 0.15) is 5.75 Å². The van der Waals surface area contributed by atoms with Crippen molar-refractivity contribution in [1.82, 2.24) is 10.2 Å². The maximum Gasteiger partial charge on any atom is 0.251 e. The summed E-state index contributed by atoms with van der Waals surface area (Å²) in [6.07, 6.45) is 0. The minimum atomic E-state index is -0.0384. The Kier molecular flexibility index (Phi) is 7.07. The summed E-state index contributed by atoms with van der Waals surface area (Å²) < 4.78 is 5.51. The molecule has 1 saturated heterocycles. The van der Waals surface area contributed by atoms with Crippen molar-refractivity contribution in [3.63, 3.8) is 0 Å². The Morgan fingerprint density at radius 2 is 1.66 bits per heavy atom. The van der Waals surface area contributed by atoms with Crippen LogP contribution in [0.1, 0.15) is 27.0 Å². The van der Waals surface area contributed by atoms with Crippen molar-refractivity contribution in [2.75, 3.05) is 38.2 Å². The lowest BCUT2D eigenvalue weighted by atomic mass is 10.1.